The van der Waals surface area contributed by atoms with E-state index >= 15 is 0 Å². The zero-order valence-corrected chi connectivity index (χ0v) is 10.2. The highest BCUT2D eigenvalue weighted by molar-refractivity contribution is 9.10. The molecule has 0 bridgehead atoms. The van der Waals surface area contributed by atoms with Gasteiger partial charge in [-0.15, -0.1) is 0 Å². The largest absolute Gasteiger partial charge is 0.485 e. The maximum absolute atomic E-state index is 12.6. The highest BCUT2D eigenvalue weighted by Crippen LogP contribution is 2.37. The van der Waals surface area contributed by atoms with Gasteiger partial charge in [0.05, 0.1) is 4.47 Å². The van der Waals surface area contributed by atoms with Crippen molar-refractivity contribution in [3.63, 3.8) is 0 Å². The van der Waals surface area contributed by atoms with Crippen LogP contribution >= 0.6 is 15.9 Å². The predicted molar refractivity (Wildman–Crippen MR) is 55.4 cm³/mol. The third-order valence-electron chi connectivity index (χ3n) is 1.98. The molecule has 0 aliphatic carbocycles. The van der Waals surface area contributed by atoms with E-state index < -0.39 is 18.7 Å². The molecule has 0 saturated heterocycles. The van der Waals surface area contributed by atoms with E-state index in [9.17, 15) is 22.0 Å². The molecule has 0 aliphatic heterocycles. The molecule has 1 nitrogen and oxygen atoms in total. The third kappa shape index (κ3) is 3.31. The molecule has 96 valence electrons. The van der Waals surface area contributed by atoms with Crippen molar-refractivity contribution in [2.24, 2.45) is 0 Å². The fourth-order valence-electron chi connectivity index (χ4n) is 1.04. The van der Waals surface area contributed by atoms with Gasteiger partial charge >= 0.3 is 12.1 Å². The van der Waals surface area contributed by atoms with Crippen LogP contribution in [-0.2, 0) is 0 Å². The van der Waals surface area contributed by atoms with Gasteiger partial charge in [-0.25, -0.2) is 0 Å². The van der Waals surface area contributed by atoms with E-state index in [0.717, 1.165) is 0 Å². The fraction of sp³-hybridized carbons (Fsp3) is 0.400. The van der Waals surface area contributed by atoms with Crippen LogP contribution in [0.25, 0.3) is 0 Å². The van der Waals surface area contributed by atoms with Crippen LogP contribution < -0.4 is 4.74 Å². The minimum Gasteiger partial charge on any atom is -0.485 e. The van der Waals surface area contributed by atoms with Crippen LogP contribution in [0.5, 0.6) is 5.75 Å². The van der Waals surface area contributed by atoms with Gasteiger partial charge in [0, 0.05) is 0 Å². The molecule has 1 aromatic rings. The molecule has 1 aromatic carbocycles. The van der Waals surface area contributed by atoms with Gasteiger partial charge in [-0.2, -0.15) is 22.0 Å². The zero-order chi connectivity index (χ0) is 13.3. The normalized spacial score (nSPS) is 12.6. The molecule has 0 atom stereocenters. The van der Waals surface area contributed by atoms with Crippen LogP contribution in [0, 0.1) is 6.92 Å². The number of hydrogen-bond donors (Lipinski definition) is 0. The van der Waals surface area contributed by atoms with Gasteiger partial charge in [0.2, 0.25) is 0 Å². The van der Waals surface area contributed by atoms with Crippen molar-refractivity contribution in [3.8, 4) is 5.75 Å². The molecule has 1 rings (SSSR count). The summed E-state index contributed by atoms with van der Waals surface area (Å²) in [7, 11) is 0. The number of rotatable bonds is 3. The molecule has 0 radical (unpaired) electrons. The second-order valence-electron chi connectivity index (χ2n) is 3.38. The van der Waals surface area contributed by atoms with Gasteiger partial charge in [-0.3, -0.25) is 0 Å². The molecule has 0 aromatic heterocycles. The lowest BCUT2D eigenvalue weighted by Gasteiger charge is -2.20. The van der Waals surface area contributed by atoms with E-state index in [4.69, 9.17) is 0 Å². The average molecular weight is 319 g/mol. The maximum Gasteiger partial charge on any atom is 0.456 e. The van der Waals surface area contributed by atoms with Crippen LogP contribution in [0.15, 0.2) is 22.7 Å². The molecular weight excluding hydrogens is 311 g/mol. The summed E-state index contributed by atoms with van der Waals surface area (Å²) >= 11 is 3.01. The van der Waals surface area contributed by atoms with Crippen molar-refractivity contribution in [1.29, 1.82) is 0 Å². The second-order valence-corrected chi connectivity index (χ2v) is 4.23. The number of ether oxygens (including phenoxy) is 1. The number of alkyl halides is 5. The minimum absolute atomic E-state index is 0.0172. The van der Waals surface area contributed by atoms with Crippen molar-refractivity contribution in [2.75, 3.05) is 6.61 Å². The summed E-state index contributed by atoms with van der Waals surface area (Å²) in [6.45, 7) is -0.189. The number of aryl methyl sites for hydroxylation is 1. The second kappa shape index (κ2) is 4.80. The average Bonchev–Trinajstić information content (AvgIpc) is 2.15. The summed E-state index contributed by atoms with van der Waals surface area (Å²) in [4.78, 5) is 0. The Morgan fingerprint density at radius 3 is 2.24 bits per heavy atom. The van der Waals surface area contributed by atoms with Crippen LogP contribution in [0.2, 0.25) is 0 Å². The molecular formula is C10H8BrF5O. The third-order valence-corrected chi connectivity index (χ3v) is 2.60. The molecule has 17 heavy (non-hydrogen) atoms. The summed E-state index contributed by atoms with van der Waals surface area (Å²) in [5.74, 6) is -4.88. The quantitative estimate of drug-likeness (QED) is 0.754. The molecule has 7 heteroatoms. The van der Waals surface area contributed by atoms with Gasteiger partial charge in [0.25, 0.3) is 0 Å². The van der Waals surface area contributed by atoms with Gasteiger partial charge < -0.3 is 4.74 Å². The van der Waals surface area contributed by atoms with E-state index in [0.29, 0.717) is 10.0 Å². The molecule has 0 saturated carbocycles. The summed E-state index contributed by atoms with van der Waals surface area (Å²) in [6, 6.07) is 4.66. The highest BCUT2D eigenvalue weighted by atomic mass is 79.9. The van der Waals surface area contributed by atoms with Crippen molar-refractivity contribution in [2.45, 2.75) is 19.0 Å². The van der Waals surface area contributed by atoms with E-state index in [-0.39, 0.29) is 5.75 Å². The number of para-hydroxylation sites is 1. The lowest BCUT2D eigenvalue weighted by atomic mass is 10.2. The standard InChI is InChI=1S/C10H8BrF5O/c1-6-3-2-4-7(11)8(6)17-5-9(12,13)10(14,15)16/h2-4H,5H2,1H3. The SMILES string of the molecule is Cc1cccc(Br)c1OCC(F)(F)C(F)(F)F. The Kier molecular flexibility index (Phi) is 4.01. The number of halogens is 6. The monoisotopic (exact) mass is 318 g/mol. The van der Waals surface area contributed by atoms with E-state index in [1.807, 2.05) is 0 Å². The first-order chi connectivity index (χ1) is 7.65. The first kappa shape index (κ1) is 14.2. The van der Waals surface area contributed by atoms with Gasteiger partial charge in [-0.05, 0) is 34.5 Å². The molecule has 0 fully saturated rings. The Hall–Kier alpha value is -0.850. The minimum atomic E-state index is -5.61. The van der Waals surface area contributed by atoms with Crippen LogP contribution in [-0.4, -0.2) is 18.7 Å². The van der Waals surface area contributed by atoms with Crippen molar-refractivity contribution >= 4 is 15.9 Å². The summed E-state index contributed by atoms with van der Waals surface area (Å²) < 4.78 is 65.8. The van der Waals surface area contributed by atoms with Gasteiger partial charge in [0.1, 0.15) is 5.75 Å². The lowest BCUT2D eigenvalue weighted by Crippen LogP contribution is -2.41. The van der Waals surface area contributed by atoms with Crippen molar-refractivity contribution < 1.29 is 26.7 Å². The van der Waals surface area contributed by atoms with Crippen LogP contribution in [0.3, 0.4) is 0 Å². The number of hydrogen-bond acceptors (Lipinski definition) is 1. The zero-order valence-electron chi connectivity index (χ0n) is 8.62. The Labute approximate surface area is 103 Å². The van der Waals surface area contributed by atoms with Crippen LogP contribution in [0.1, 0.15) is 5.56 Å². The lowest BCUT2D eigenvalue weighted by molar-refractivity contribution is -0.290. The maximum atomic E-state index is 12.6. The topological polar surface area (TPSA) is 9.23 Å². The van der Waals surface area contributed by atoms with E-state index in [1.165, 1.54) is 6.07 Å². The van der Waals surface area contributed by atoms with Gasteiger partial charge in [-0.1, -0.05) is 12.1 Å². The van der Waals surface area contributed by atoms with Crippen molar-refractivity contribution in [3.05, 3.63) is 28.2 Å². The van der Waals surface area contributed by atoms with Crippen LogP contribution in [0.4, 0.5) is 22.0 Å². The molecule has 0 amide bonds. The summed E-state index contributed by atoms with van der Waals surface area (Å²) in [6.07, 6.45) is -5.61. The van der Waals surface area contributed by atoms with Gasteiger partial charge in [0.15, 0.2) is 6.61 Å². The summed E-state index contributed by atoms with van der Waals surface area (Å²) in [5.41, 5.74) is 0.470. The summed E-state index contributed by atoms with van der Waals surface area (Å²) in [5, 5.41) is 0. The Balaban J connectivity index is 2.81. The molecule has 0 unspecified atom stereocenters. The van der Waals surface area contributed by atoms with E-state index in [2.05, 4.69) is 20.7 Å². The predicted octanol–water partition coefficient (Wildman–Crippen LogP) is 4.33. The Bertz CT molecular complexity index is 382. The fourth-order valence-corrected chi connectivity index (χ4v) is 1.62. The molecule has 0 heterocycles. The highest BCUT2D eigenvalue weighted by Gasteiger charge is 2.58. The van der Waals surface area contributed by atoms with Crippen molar-refractivity contribution in [1.82, 2.24) is 0 Å². The van der Waals surface area contributed by atoms with E-state index in [1.54, 1.807) is 19.1 Å². The molecule has 0 N–H and O–H groups in total. The smallest absolute Gasteiger partial charge is 0.456 e. The molecule has 0 spiro atoms. The number of benzene rings is 1. The first-order valence-corrected chi connectivity index (χ1v) is 5.27. The Morgan fingerprint density at radius 2 is 1.76 bits per heavy atom. The molecule has 0 aliphatic rings. The first-order valence-electron chi connectivity index (χ1n) is 4.47. The Morgan fingerprint density at radius 1 is 1.18 bits per heavy atom.